The predicted molar refractivity (Wildman–Crippen MR) is 115 cm³/mol. The van der Waals surface area contributed by atoms with E-state index in [0.29, 0.717) is 28.4 Å². The van der Waals surface area contributed by atoms with Crippen molar-refractivity contribution < 1.29 is 22.6 Å². The first-order chi connectivity index (χ1) is 14.6. The molecule has 1 spiro atoms. The fourth-order valence-corrected chi connectivity index (χ4v) is 4.69. The Morgan fingerprint density at radius 2 is 1.77 bits per heavy atom. The van der Waals surface area contributed by atoms with Crippen LogP contribution >= 0.6 is 0 Å². The first-order valence-electron chi connectivity index (χ1n) is 9.89. The predicted octanol–water partition coefficient (Wildman–Crippen LogP) is 6.09. The van der Waals surface area contributed by atoms with Crippen LogP contribution in [0, 0.1) is 0 Å². The lowest BCUT2D eigenvalue weighted by Crippen LogP contribution is -2.61. The lowest BCUT2D eigenvalue weighted by Gasteiger charge is -2.45. The maximum atomic E-state index is 13.4. The zero-order chi connectivity index (χ0) is 22.2. The van der Waals surface area contributed by atoms with E-state index in [2.05, 4.69) is 0 Å². The molecule has 160 valence electrons. The molecular formula is C24H21F3N2O2. The van der Waals surface area contributed by atoms with Gasteiger partial charge in [0.15, 0.2) is 0 Å². The van der Waals surface area contributed by atoms with Crippen molar-refractivity contribution in [2.45, 2.75) is 31.2 Å². The van der Waals surface area contributed by atoms with E-state index in [1.807, 2.05) is 56.1 Å². The van der Waals surface area contributed by atoms with Gasteiger partial charge in [0, 0.05) is 18.1 Å². The molecule has 0 radical (unpaired) electrons. The maximum absolute atomic E-state index is 13.4. The zero-order valence-electron chi connectivity index (χ0n) is 17.5. The Balaban J connectivity index is 1.66. The highest BCUT2D eigenvalue weighted by atomic mass is 19.4. The van der Waals surface area contributed by atoms with Crippen LogP contribution in [0.4, 0.5) is 24.5 Å². The van der Waals surface area contributed by atoms with Crippen molar-refractivity contribution in [2.24, 2.45) is 4.99 Å². The zero-order valence-corrected chi connectivity index (χ0v) is 17.5. The van der Waals surface area contributed by atoms with Gasteiger partial charge >= 0.3 is 6.18 Å². The number of halogens is 3. The first-order valence-corrected chi connectivity index (χ1v) is 9.89. The first kappa shape index (κ1) is 19.7. The fraction of sp³-hybridized carbons (Fsp3) is 0.292. The Labute approximate surface area is 177 Å². The van der Waals surface area contributed by atoms with Crippen LogP contribution in [-0.2, 0) is 11.6 Å². The summed E-state index contributed by atoms with van der Waals surface area (Å²) in [6, 6.07) is 13.4. The number of anilines is 1. The summed E-state index contributed by atoms with van der Waals surface area (Å²) < 4.78 is 52.0. The Morgan fingerprint density at radius 1 is 1.03 bits per heavy atom. The summed E-state index contributed by atoms with van der Waals surface area (Å²) in [6.45, 7) is 3.77. The monoisotopic (exact) mass is 426 g/mol. The minimum Gasteiger partial charge on any atom is -0.497 e. The Kier molecular flexibility index (Phi) is 3.92. The van der Waals surface area contributed by atoms with E-state index < -0.39 is 22.9 Å². The summed E-state index contributed by atoms with van der Waals surface area (Å²) in [5.41, 5.74) is -0.575. The second-order valence-electron chi connectivity index (χ2n) is 8.47. The highest BCUT2D eigenvalue weighted by molar-refractivity contribution is 6.00. The van der Waals surface area contributed by atoms with Gasteiger partial charge in [0.25, 0.3) is 0 Å². The average molecular weight is 426 g/mol. The van der Waals surface area contributed by atoms with Crippen molar-refractivity contribution in [1.29, 1.82) is 0 Å². The molecule has 2 aliphatic rings. The standard InChI is InChI=1S/C24H21F3N2O2/c1-22(2)18-11-15(24(25,26)27)7-9-19(18)29(3)23(22)13-28-21-17-12-16(30-4)8-5-14(17)6-10-20(21)31-23/h5-13H,1-4H3. The minimum absolute atomic E-state index is 0.571. The molecule has 3 aromatic carbocycles. The van der Waals surface area contributed by atoms with Gasteiger partial charge in [-0.2, -0.15) is 13.2 Å². The Hall–Kier alpha value is -3.22. The summed E-state index contributed by atoms with van der Waals surface area (Å²) >= 11 is 0. The molecule has 0 saturated heterocycles. The highest BCUT2D eigenvalue weighted by Crippen LogP contribution is 2.55. The number of benzene rings is 3. The van der Waals surface area contributed by atoms with Gasteiger partial charge in [-0.3, -0.25) is 4.99 Å². The van der Waals surface area contributed by atoms with Crippen molar-refractivity contribution in [3.05, 3.63) is 59.7 Å². The van der Waals surface area contributed by atoms with E-state index in [1.165, 1.54) is 12.1 Å². The van der Waals surface area contributed by atoms with E-state index >= 15 is 0 Å². The number of hydrogen-bond acceptors (Lipinski definition) is 4. The van der Waals surface area contributed by atoms with Crippen molar-refractivity contribution >= 4 is 28.4 Å². The van der Waals surface area contributed by atoms with Crippen LogP contribution in [0.5, 0.6) is 11.5 Å². The minimum atomic E-state index is -4.41. The van der Waals surface area contributed by atoms with Crippen LogP contribution in [0.15, 0.2) is 53.5 Å². The van der Waals surface area contributed by atoms with Gasteiger partial charge in [-0.25, -0.2) is 0 Å². The number of aliphatic imine (C=N–C) groups is 1. The van der Waals surface area contributed by atoms with Gasteiger partial charge in [-0.15, -0.1) is 0 Å². The van der Waals surface area contributed by atoms with E-state index in [0.717, 1.165) is 16.8 Å². The van der Waals surface area contributed by atoms with Crippen LogP contribution in [0.3, 0.4) is 0 Å². The van der Waals surface area contributed by atoms with E-state index in [1.54, 1.807) is 13.3 Å². The summed E-state index contributed by atoms with van der Waals surface area (Å²) in [5.74, 6) is 1.29. The number of alkyl halides is 3. The summed E-state index contributed by atoms with van der Waals surface area (Å²) in [6.07, 6.45) is -2.70. The van der Waals surface area contributed by atoms with Gasteiger partial charge in [0.05, 0.1) is 24.3 Å². The number of likely N-dealkylation sites (N-methyl/N-ethyl adjacent to an activating group) is 1. The number of nitrogens with zero attached hydrogens (tertiary/aromatic N) is 2. The topological polar surface area (TPSA) is 34.1 Å². The molecule has 0 aliphatic carbocycles. The molecule has 0 N–H and O–H groups in total. The number of fused-ring (bicyclic) bond motifs is 4. The summed E-state index contributed by atoms with van der Waals surface area (Å²) in [7, 11) is 3.43. The summed E-state index contributed by atoms with van der Waals surface area (Å²) in [4.78, 5) is 6.63. The number of hydrogen-bond donors (Lipinski definition) is 0. The Bertz CT molecular complexity index is 1250. The lowest BCUT2D eigenvalue weighted by atomic mass is 9.77. The summed E-state index contributed by atoms with van der Waals surface area (Å²) in [5, 5.41) is 1.88. The second kappa shape index (κ2) is 6.15. The molecule has 2 aliphatic heterocycles. The van der Waals surface area contributed by atoms with Gasteiger partial charge in [0.2, 0.25) is 5.72 Å². The van der Waals surface area contributed by atoms with Crippen molar-refractivity contribution in [1.82, 2.24) is 0 Å². The van der Waals surface area contributed by atoms with Crippen molar-refractivity contribution in [3.63, 3.8) is 0 Å². The molecule has 1 unspecified atom stereocenters. The quantitative estimate of drug-likeness (QED) is 0.473. The average Bonchev–Trinajstić information content (AvgIpc) is 2.90. The van der Waals surface area contributed by atoms with E-state index in [9.17, 15) is 13.2 Å². The molecule has 0 bridgehead atoms. The van der Waals surface area contributed by atoms with Gasteiger partial charge in [0.1, 0.15) is 17.2 Å². The second-order valence-corrected chi connectivity index (χ2v) is 8.47. The number of rotatable bonds is 1. The van der Waals surface area contributed by atoms with Crippen molar-refractivity contribution in [2.75, 3.05) is 19.1 Å². The molecule has 0 saturated carbocycles. The third kappa shape index (κ3) is 2.58. The smallest absolute Gasteiger partial charge is 0.416 e. The molecular weight excluding hydrogens is 405 g/mol. The third-order valence-corrected chi connectivity index (χ3v) is 6.55. The molecule has 1 atom stereocenters. The highest BCUT2D eigenvalue weighted by Gasteiger charge is 2.59. The van der Waals surface area contributed by atoms with Gasteiger partial charge < -0.3 is 14.4 Å². The van der Waals surface area contributed by atoms with Crippen molar-refractivity contribution in [3.8, 4) is 11.5 Å². The third-order valence-electron chi connectivity index (χ3n) is 6.55. The molecule has 31 heavy (non-hydrogen) atoms. The molecule has 7 heteroatoms. The van der Waals surface area contributed by atoms with Crippen LogP contribution < -0.4 is 14.4 Å². The van der Waals surface area contributed by atoms with E-state index in [4.69, 9.17) is 14.5 Å². The van der Waals surface area contributed by atoms with Gasteiger partial charge in [-0.1, -0.05) is 12.1 Å². The molecule has 2 heterocycles. The molecule has 0 amide bonds. The van der Waals surface area contributed by atoms with Crippen LogP contribution in [0.2, 0.25) is 0 Å². The number of ether oxygens (including phenoxy) is 2. The number of methoxy groups -OCH3 is 1. The molecule has 0 aromatic heterocycles. The molecule has 3 aromatic rings. The van der Waals surface area contributed by atoms with Crippen LogP contribution in [-0.4, -0.2) is 26.1 Å². The van der Waals surface area contributed by atoms with Gasteiger partial charge in [-0.05, 0) is 61.2 Å². The normalized spacial score (nSPS) is 21.2. The largest absolute Gasteiger partial charge is 0.497 e. The SMILES string of the molecule is COc1ccc2ccc3c(c2c1)N=CC1(O3)N(C)c2ccc(C(F)(F)F)cc2C1(C)C. The van der Waals surface area contributed by atoms with Crippen LogP contribution in [0.25, 0.3) is 10.8 Å². The lowest BCUT2D eigenvalue weighted by molar-refractivity contribution is -0.137. The van der Waals surface area contributed by atoms with E-state index in [-0.39, 0.29) is 0 Å². The maximum Gasteiger partial charge on any atom is 0.416 e. The fourth-order valence-electron chi connectivity index (χ4n) is 4.69. The molecule has 4 nitrogen and oxygen atoms in total. The molecule has 0 fully saturated rings. The van der Waals surface area contributed by atoms with Crippen LogP contribution in [0.1, 0.15) is 25.0 Å². The Morgan fingerprint density at radius 3 is 2.48 bits per heavy atom. The molecule has 5 rings (SSSR count).